The number of rotatable bonds is 36. The zero-order valence-corrected chi connectivity index (χ0v) is 31.6. The number of unbranched alkanes of at least 4 members (excludes halogenated alkanes) is 18. The van der Waals surface area contributed by atoms with E-state index in [1.165, 1.54) is 154 Å². The Morgan fingerprint density at radius 2 is 0.739 bits per heavy atom. The number of allylic oxidation sites excluding steroid dienone is 2. The van der Waals surface area contributed by atoms with Crippen LogP contribution in [0.1, 0.15) is 220 Å². The van der Waals surface area contributed by atoms with Crippen LogP contribution < -0.4 is 0 Å². The van der Waals surface area contributed by atoms with E-state index in [0.29, 0.717) is 37.9 Å². The fraction of sp³-hybridized carbons (Fsp3) is 0.905. The van der Waals surface area contributed by atoms with Gasteiger partial charge in [-0.25, -0.2) is 0 Å². The van der Waals surface area contributed by atoms with Crippen LogP contribution in [0.4, 0.5) is 0 Å². The Bertz CT molecular complexity index is 617. The van der Waals surface area contributed by atoms with E-state index >= 15 is 0 Å². The van der Waals surface area contributed by atoms with E-state index in [1.807, 2.05) is 0 Å². The molecule has 2 atom stereocenters. The number of hydrogen-bond acceptors (Lipinski definition) is 4. The average molecular weight is 649 g/mol. The summed E-state index contributed by atoms with van der Waals surface area (Å²) in [5.41, 5.74) is 0. The Morgan fingerprint density at radius 3 is 1.13 bits per heavy atom. The smallest absolute Gasteiger partial charge is 0.305 e. The minimum Gasteiger partial charge on any atom is -0.465 e. The highest BCUT2D eigenvalue weighted by molar-refractivity contribution is 5.69. The summed E-state index contributed by atoms with van der Waals surface area (Å²) < 4.78 is 11.3. The molecule has 4 nitrogen and oxygen atoms in total. The molecular formula is C42H80O4. The molecule has 272 valence electrons. The van der Waals surface area contributed by atoms with Crippen LogP contribution in [0.5, 0.6) is 0 Å². The summed E-state index contributed by atoms with van der Waals surface area (Å²) >= 11 is 0. The molecule has 0 aromatic rings. The van der Waals surface area contributed by atoms with Crippen molar-refractivity contribution in [2.75, 3.05) is 13.2 Å². The molecule has 0 aliphatic carbocycles. The fourth-order valence-corrected chi connectivity index (χ4v) is 6.25. The lowest BCUT2D eigenvalue weighted by Gasteiger charge is -2.16. The van der Waals surface area contributed by atoms with Crippen LogP contribution in [0.3, 0.4) is 0 Å². The lowest BCUT2D eigenvalue weighted by atomic mass is 9.96. The molecule has 0 saturated carbocycles. The van der Waals surface area contributed by atoms with E-state index in [0.717, 1.165) is 25.7 Å². The van der Waals surface area contributed by atoms with Crippen molar-refractivity contribution in [3.05, 3.63) is 12.2 Å². The standard InChI is InChI=1S/C42H80O4/c1-5-9-13-27-33-39(31-11-7-3)37-45-41(43)35-29-25-23-21-19-17-15-16-18-20-22-24-26-30-36-42(44)46-38-40(32-12-8-4)34-28-14-10-6-2/h15-16,39-40H,5-14,17-38H2,1-4H3. The van der Waals surface area contributed by atoms with E-state index < -0.39 is 0 Å². The molecule has 0 aromatic heterocycles. The van der Waals surface area contributed by atoms with Crippen LogP contribution in [0, 0.1) is 11.8 Å². The monoisotopic (exact) mass is 649 g/mol. The zero-order valence-electron chi connectivity index (χ0n) is 31.6. The predicted molar refractivity (Wildman–Crippen MR) is 199 cm³/mol. The molecule has 0 bridgehead atoms. The lowest BCUT2D eigenvalue weighted by molar-refractivity contribution is -0.146. The highest BCUT2D eigenvalue weighted by Crippen LogP contribution is 2.20. The Hall–Kier alpha value is -1.32. The zero-order chi connectivity index (χ0) is 33.8. The van der Waals surface area contributed by atoms with Crippen molar-refractivity contribution in [3.8, 4) is 0 Å². The minimum absolute atomic E-state index is 0.00940. The van der Waals surface area contributed by atoms with Crippen LogP contribution >= 0.6 is 0 Å². The van der Waals surface area contributed by atoms with E-state index in [4.69, 9.17) is 9.47 Å². The highest BCUT2D eigenvalue weighted by atomic mass is 16.5. The molecule has 0 heterocycles. The first-order valence-corrected chi connectivity index (χ1v) is 20.5. The lowest BCUT2D eigenvalue weighted by Crippen LogP contribution is -2.14. The molecule has 0 aromatic carbocycles. The van der Waals surface area contributed by atoms with Gasteiger partial charge < -0.3 is 9.47 Å². The number of carbonyl (C=O) groups is 2. The van der Waals surface area contributed by atoms with Gasteiger partial charge in [0.2, 0.25) is 0 Å². The third-order valence-corrected chi connectivity index (χ3v) is 9.49. The summed E-state index contributed by atoms with van der Waals surface area (Å²) in [6, 6.07) is 0. The highest BCUT2D eigenvalue weighted by Gasteiger charge is 2.13. The SMILES string of the molecule is CCCCCCC(CCCC)COC(=O)CCCCCCCC=CCCCCCCCC(=O)OCC(CCCC)CCCCCC. The van der Waals surface area contributed by atoms with Crippen molar-refractivity contribution in [1.29, 1.82) is 0 Å². The van der Waals surface area contributed by atoms with Crippen LogP contribution in [-0.2, 0) is 19.1 Å². The van der Waals surface area contributed by atoms with E-state index in [9.17, 15) is 9.59 Å². The van der Waals surface area contributed by atoms with E-state index in [-0.39, 0.29) is 11.9 Å². The number of carbonyl (C=O) groups excluding carboxylic acids is 2. The molecule has 0 radical (unpaired) electrons. The van der Waals surface area contributed by atoms with Crippen LogP contribution in [0.2, 0.25) is 0 Å². The van der Waals surface area contributed by atoms with Gasteiger partial charge in [-0.3, -0.25) is 9.59 Å². The first-order chi connectivity index (χ1) is 22.6. The largest absolute Gasteiger partial charge is 0.465 e. The van der Waals surface area contributed by atoms with E-state index in [1.54, 1.807) is 0 Å². The van der Waals surface area contributed by atoms with Crippen molar-refractivity contribution >= 4 is 11.9 Å². The molecule has 46 heavy (non-hydrogen) atoms. The first kappa shape index (κ1) is 44.7. The molecule has 0 spiro atoms. The average Bonchev–Trinajstić information content (AvgIpc) is 3.06. The molecule has 0 fully saturated rings. The van der Waals surface area contributed by atoms with Crippen molar-refractivity contribution in [2.45, 2.75) is 220 Å². The molecule has 0 amide bonds. The summed E-state index contributed by atoms with van der Waals surface area (Å²) in [4.78, 5) is 24.4. The maximum absolute atomic E-state index is 12.2. The molecule has 2 unspecified atom stereocenters. The summed E-state index contributed by atoms with van der Waals surface area (Å²) in [6.45, 7) is 10.2. The number of ether oxygens (including phenoxy) is 2. The normalized spacial score (nSPS) is 12.9. The Balaban J connectivity index is 3.65. The Morgan fingerprint density at radius 1 is 0.413 bits per heavy atom. The first-order valence-electron chi connectivity index (χ1n) is 20.5. The molecule has 0 rings (SSSR count). The summed E-state index contributed by atoms with van der Waals surface area (Å²) in [7, 11) is 0. The number of esters is 2. The van der Waals surface area contributed by atoms with Crippen molar-refractivity contribution in [1.82, 2.24) is 0 Å². The Kier molecular flexibility index (Phi) is 35.5. The fourth-order valence-electron chi connectivity index (χ4n) is 6.25. The topological polar surface area (TPSA) is 52.6 Å². The summed E-state index contributed by atoms with van der Waals surface area (Å²) in [6.07, 6.45) is 39.9. The molecule has 4 heteroatoms. The molecule has 0 N–H and O–H groups in total. The second-order valence-corrected chi connectivity index (χ2v) is 14.2. The van der Waals surface area contributed by atoms with Gasteiger partial charge in [0.25, 0.3) is 0 Å². The van der Waals surface area contributed by atoms with Crippen LogP contribution in [0.25, 0.3) is 0 Å². The van der Waals surface area contributed by atoms with Crippen molar-refractivity contribution < 1.29 is 19.1 Å². The number of hydrogen-bond donors (Lipinski definition) is 0. The van der Waals surface area contributed by atoms with E-state index in [2.05, 4.69) is 39.8 Å². The van der Waals surface area contributed by atoms with Gasteiger partial charge >= 0.3 is 11.9 Å². The van der Waals surface area contributed by atoms with Gasteiger partial charge in [0.1, 0.15) is 0 Å². The van der Waals surface area contributed by atoms with Gasteiger partial charge in [-0.15, -0.1) is 0 Å². The van der Waals surface area contributed by atoms with Gasteiger partial charge in [-0.2, -0.15) is 0 Å². The van der Waals surface area contributed by atoms with Gasteiger partial charge in [-0.1, -0.05) is 155 Å². The third-order valence-electron chi connectivity index (χ3n) is 9.49. The predicted octanol–water partition coefficient (Wildman–Crippen LogP) is 13.6. The maximum Gasteiger partial charge on any atom is 0.305 e. The molecule has 0 aliphatic rings. The Labute approximate surface area is 288 Å². The second-order valence-electron chi connectivity index (χ2n) is 14.2. The van der Waals surface area contributed by atoms with Gasteiger partial charge in [0.05, 0.1) is 13.2 Å². The van der Waals surface area contributed by atoms with Crippen molar-refractivity contribution in [3.63, 3.8) is 0 Å². The van der Waals surface area contributed by atoms with Crippen molar-refractivity contribution in [2.24, 2.45) is 11.8 Å². The molecule has 0 aliphatic heterocycles. The minimum atomic E-state index is 0.00940. The van der Waals surface area contributed by atoms with Crippen LogP contribution in [0.15, 0.2) is 12.2 Å². The summed E-state index contributed by atoms with van der Waals surface area (Å²) in [5.74, 6) is 1.13. The quantitative estimate of drug-likeness (QED) is 0.0385. The van der Waals surface area contributed by atoms with Gasteiger partial charge in [0.15, 0.2) is 0 Å². The molecular weight excluding hydrogens is 568 g/mol. The second kappa shape index (κ2) is 36.5. The van der Waals surface area contributed by atoms with Gasteiger partial charge in [-0.05, 0) is 76.0 Å². The third kappa shape index (κ3) is 32.6. The van der Waals surface area contributed by atoms with Crippen LogP contribution in [-0.4, -0.2) is 25.2 Å². The maximum atomic E-state index is 12.2. The molecule has 0 saturated heterocycles. The summed E-state index contributed by atoms with van der Waals surface area (Å²) in [5, 5.41) is 0. The van der Waals surface area contributed by atoms with Gasteiger partial charge in [0, 0.05) is 12.8 Å².